The number of benzene rings is 1. The first kappa shape index (κ1) is 12.9. The van der Waals surface area contributed by atoms with E-state index in [9.17, 15) is 4.39 Å². The maximum absolute atomic E-state index is 13.6. The van der Waals surface area contributed by atoms with E-state index < -0.39 is 5.82 Å². The summed E-state index contributed by atoms with van der Waals surface area (Å²) in [5, 5.41) is 0.0408. The lowest BCUT2D eigenvalue weighted by Crippen LogP contribution is -1.98. The Kier molecular flexibility index (Phi) is 3.89. The number of hydrogen-bond donors (Lipinski definition) is 1. The fraction of sp³-hybridized carbons (Fsp3) is 0.231. The van der Waals surface area contributed by atoms with Crippen LogP contribution in [0.1, 0.15) is 17.1 Å². The summed E-state index contributed by atoms with van der Waals surface area (Å²) >= 11 is 5.66. The zero-order valence-corrected chi connectivity index (χ0v) is 10.6. The lowest BCUT2D eigenvalue weighted by molar-refractivity contribution is 0.287. The molecule has 5 heteroatoms. The Hall–Kier alpha value is -1.52. The first-order valence-electron chi connectivity index (χ1n) is 5.47. The first-order chi connectivity index (χ1) is 8.61. The zero-order valence-electron chi connectivity index (χ0n) is 9.87. The van der Waals surface area contributed by atoms with Crippen LogP contribution in [-0.4, -0.2) is 0 Å². The zero-order chi connectivity index (χ0) is 13.1. The van der Waals surface area contributed by atoms with Gasteiger partial charge in [-0.1, -0.05) is 17.7 Å². The van der Waals surface area contributed by atoms with E-state index in [0.717, 1.165) is 11.3 Å². The summed E-state index contributed by atoms with van der Waals surface area (Å²) in [5.41, 5.74) is 6.31. The van der Waals surface area contributed by atoms with Crippen molar-refractivity contribution >= 4 is 11.6 Å². The molecule has 0 fully saturated rings. The summed E-state index contributed by atoms with van der Waals surface area (Å²) < 4.78 is 24.3. The van der Waals surface area contributed by atoms with Gasteiger partial charge in [0.25, 0.3) is 0 Å². The van der Waals surface area contributed by atoms with Gasteiger partial charge in [0.05, 0.1) is 11.6 Å². The molecular weight excluding hydrogens is 257 g/mol. The Morgan fingerprint density at radius 3 is 2.89 bits per heavy atom. The summed E-state index contributed by atoms with van der Waals surface area (Å²) in [7, 11) is 0. The average molecular weight is 270 g/mol. The molecule has 0 bridgehead atoms. The van der Waals surface area contributed by atoms with E-state index in [1.807, 2.05) is 6.92 Å². The van der Waals surface area contributed by atoms with Crippen molar-refractivity contribution in [2.24, 2.45) is 5.73 Å². The van der Waals surface area contributed by atoms with Crippen LogP contribution in [0.4, 0.5) is 4.39 Å². The molecule has 0 amide bonds. The van der Waals surface area contributed by atoms with E-state index in [4.69, 9.17) is 26.5 Å². The van der Waals surface area contributed by atoms with Crippen LogP contribution in [0.3, 0.4) is 0 Å². The molecule has 0 radical (unpaired) electrons. The Morgan fingerprint density at radius 1 is 1.44 bits per heavy atom. The van der Waals surface area contributed by atoms with Crippen LogP contribution in [0.15, 0.2) is 28.7 Å². The molecule has 2 rings (SSSR count). The highest BCUT2D eigenvalue weighted by molar-refractivity contribution is 6.30. The van der Waals surface area contributed by atoms with E-state index in [1.165, 1.54) is 12.1 Å². The highest BCUT2D eigenvalue weighted by Crippen LogP contribution is 2.25. The van der Waals surface area contributed by atoms with Gasteiger partial charge >= 0.3 is 0 Å². The van der Waals surface area contributed by atoms with E-state index in [1.54, 1.807) is 12.1 Å². The van der Waals surface area contributed by atoms with Crippen molar-refractivity contribution in [1.29, 1.82) is 0 Å². The van der Waals surface area contributed by atoms with Gasteiger partial charge in [-0.3, -0.25) is 0 Å². The minimum atomic E-state index is -0.556. The van der Waals surface area contributed by atoms with E-state index >= 15 is 0 Å². The van der Waals surface area contributed by atoms with Gasteiger partial charge in [-0.25, -0.2) is 4.39 Å². The van der Waals surface area contributed by atoms with Gasteiger partial charge in [0.15, 0.2) is 11.6 Å². The predicted molar refractivity (Wildman–Crippen MR) is 67.1 cm³/mol. The second-order valence-electron chi connectivity index (χ2n) is 3.84. The molecule has 0 saturated heterocycles. The van der Waals surface area contributed by atoms with Crippen LogP contribution < -0.4 is 10.5 Å². The van der Waals surface area contributed by atoms with Gasteiger partial charge in [0, 0.05) is 5.56 Å². The third-order valence-electron chi connectivity index (χ3n) is 2.57. The van der Waals surface area contributed by atoms with Crippen molar-refractivity contribution in [1.82, 2.24) is 0 Å². The normalized spacial score (nSPS) is 10.7. The molecule has 18 heavy (non-hydrogen) atoms. The van der Waals surface area contributed by atoms with Crippen LogP contribution in [0, 0.1) is 12.7 Å². The summed E-state index contributed by atoms with van der Waals surface area (Å²) in [6.07, 6.45) is 0. The maximum atomic E-state index is 13.6. The van der Waals surface area contributed by atoms with Crippen molar-refractivity contribution in [3.8, 4) is 5.75 Å². The molecule has 0 atom stereocenters. The van der Waals surface area contributed by atoms with Crippen LogP contribution in [0.5, 0.6) is 5.75 Å². The minimum Gasteiger partial charge on any atom is -0.486 e. The third kappa shape index (κ3) is 2.66. The standard InChI is InChI=1S/C13H13ClFNO2/c1-8-9(5-10(6-16)18-8)7-17-12-4-2-3-11(14)13(12)15/h2-5H,6-7,16H2,1H3. The molecule has 1 heterocycles. The van der Waals surface area contributed by atoms with Gasteiger partial charge in [-0.2, -0.15) is 0 Å². The highest BCUT2D eigenvalue weighted by Gasteiger charge is 2.10. The number of furan rings is 1. The van der Waals surface area contributed by atoms with Crippen molar-refractivity contribution in [3.05, 3.63) is 52.2 Å². The number of aryl methyl sites for hydroxylation is 1. The number of ether oxygens (including phenoxy) is 1. The van der Waals surface area contributed by atoms with Crippen LogP contribution in [0.2, 0.25) is 5.02 Å². The first-order valence-corrected chi connectivity index (χ1v) is 5.84. The Bertz CT molecular complexity index is 554. The molecule has 0 unspecified atom stereocenters. The van der Waals surface area contributed by atoms with Crippen molar-refractivity contribution in [3.63, 3.8) is 0 Å². The molecule has 3 nitrogen and oxygen atoms in total. The Labute approximate surface area is 109 Å². The largest absolute Gasteiger partial charge is 0.486 e. The SMILES string of the molecule is Cc1oc(CN)cc1COc1cccc(Cl)c1F. The summed E-state index contributed by atoms with van der Waals surface area (Å²) in [6.45, 7) is 2.35. The topological polar surface area (TPSA) is 48.4 Å². The lowest BCUT2D eigenvalue weighted by atomic mass is 10.2. The molecule has 0 saturated carbocycles. The second-order valence-corrected chi connectivity index (χ2v) is 4.25. The molecule has 0 aliphatic heterocycles. The number of hydrogen-bond acceptors (Lipinski definition) is 3. The highest BCUT2D eigenvalue weighted by atomic mass is 35.5. The van der Waals surface area contributed by atoms with Gasteiger partial charge in [-0.15, -0.1) is 0 Å². The Morgan fingerprint density at radius 2 is 2.22 bits per heavy atom. The summed E-state index contributed by atoms with van der Waals surface area (Å²) in [6, 6.07) is 6.44. The lowest BCUT2D eigenvalue weighted by Gasteiger charge is -2.06. The quantitative estimate of drug-likeness (QED) is 0.925. The molecule has 96 valence electrons. The summed E-state index contributed by atoms with van der Waals surface area (Å²) in [4.78, 5) is 0. The van der Waals surface area contributed by atoms with Crippen molar-refractivity contribution in [2.75, 3.05) is 0 Å². The summed E-state index contributed by atoms with van der Waals surface area (Å²) in [5.74, 6) is 0.965. The number of nitrogens with two attached hydrogens (primary N) is 1. The smallest absolute Gasteiger partial charge is 0.183 e. The second kappa shape index (κ2) is 5.42. The van der Waals surface area contributed by atoms with E-state index in [0.29, 0.717) is 12.3 Å². The molecular formula is C13H13ClFNO2. The number of rotatable bonds is 4. The maximum Gasteiger partial charge on any atom is 0.183 e. The fourth-order valence-electron chi connectivity index (χ4n) is 1.58. The number of halogens is 2. The van der Waals surface area contributed by atoms with Crippen molar-refractivity contribution in [2.45, 2.75) is 20.1 Å². The van der Waals surface area contributed by atoms with Gasteiger partial charge < -0.3 is 14.9 Å². The van der Waals surface area contributed by atoms with Crippen molar-refractivity contribution < 1.29 is 13.5 Å². The van der Waals surface area contributed by atoms with E-state index in [-0.39, 0.29) is 17.4 Å². The average Bonchev–Trinajstić information content (AvgIpc) is 2.72. The molecule has 0 spiro atoms. The predicted octanol–water partition coefficient (Wildman–Crippen LogP) is 3.42. The van der Waals surface area contributed by atoms with E-state index in [2.05, 4.69) is 0 Å². The van der Waals surface area contributed by atoms with Gasteiger partial charge in [0.1, 0.15) is 18.1 Å². The Balaban J connectivity index is 2.11. The molecule has 0 aliphatic rings. The molecule has 2 aromatic rings. The van der Waals surface area contributed by atoms with Crippen LogP contribution >= 0.6 is 11.6 Å². The third-order valence-corrected chi connectivity index (χ3v) is 2.86. The van der Waals surface area contributed by atoms with Crippen LogP contribution in [0.25, 0.3) is 0 Å². The molecule has 0 aliphatic carbocycles. The van der Waals surface area contributed by atoms with Gasteiger partial charge in [0.2, 0.25) is 0 Å². The molecule has 1 aromatic carbocycles. The van der Waals surface area contributed by atoms with Crippen LogP contribution in [-0.2, 0) is 13.2 Å². The molecule has 2 N–H and O–H groups in total. The minimum absolute atomic E-state index is 0.0408. The monoisotopic (exact) mass is 269 g/mol. The fourth-order valence-corrected chi connectivity index (χ4v) is 1.75. The van der Waals surface area contributed by atoms with Gasteiger partial charge in [-0.05, 0) is 25.1 Å². The molecule has 1 aromatic heterocycles.